The number of methoxy groups -OCH3 is 1. The lowest BCUT2D eigenvalue weighted by Crippen LogP contribution is -2.43. The minimum absolute atomic E-state index is 0. The number of rotatable bonds is 6. The van der Waals surface area contributed by atoms with Crippen molar-refractivity contribution < 1.29 is 14.3 Å². The lowest BCUT2D eigenvalue weighted by molar-refractivity contribution is -0.121. The molecule has 2 aromatic rings. The summed E-state index contributed by atoms with van der Waals surface area (Å²) in [6, 6.07) is 15.5. The minimum atomic E-state index is -0.126. The monoisotopic (exact) mass is 427 g/mol. The van der Waals surface area contributed by atoms with Gasteiger partial charge in [0.05, 0.1) is 37.6 Å². The third kappa shape index (κ3) is 6.87. The van der Waals surface area contributed by atoms with Crippen molar-refractivity contribution in [1.29, 1.82) is 0 Å². The highest BCUT2D eigenvalue weighted by Gasteiger charge is 2.23. The largest absolute Gasteiger partial charge is 0.497 e. The van der Waals surface area contributed by atoms with Gasteiger partial charge >= 0.3 is 0 Å². The molecular formula is C20H27Cl2N3O3. The van der Waals surface area contributed by atoms with Gasteiger partial charge in [0.1, 0.15) is 5.75 Å². The molecule has 1 fully saturated rings. The van der Waals surface area contributed by atoms with E-state index in [0.717, 1.165) is 19.6 Å². The molecule has 1 aliphatic heterocycles. The lowest BCUT2D eigenvalue weighted by Gasteiger charge is -2.32. The van der Waals surface area contributed by atoms with Crippen LogP contribution in [-0.4, -0.2) is 43.7 Å². The fourth-order valence-corrected chi connectivity index (χ4v) is 3.07. The van der Waals surface area contributed by atoms with Crippen molar-refractivity contribution in [2.75, 3.05) is 37.9 Å². The first kappa shape index (κ1) is 24.0. The van der Waals surface area contributed by atoms with E-state index in [1.807, 2.05) is 18.2 Å². The number of nitrogens with one attached hydrogen (secondary N) is 1. The number of carbonyl (C=O) groups excluding carboxylic acids is 1. The summed E-state index contributed by atoms with van der Waals surface area (Å²) in [6.45, 7) is 3.10. The SMILES string of the molecule is COc1ccc(N)c(NC(=O)CC2CN(Cc3ccccc3)CCO2)c1.Cl.Cl. The Morgan fingerprint density at radius 2 is 2.00 bits per heavy atom. The second-order valence-electron chi connectivity index (χ2n) is 6.42. The molecule has 0 spiro atoms. The van der Waals surface area contributed by atoms with E-state index < -0.39 is 0 Å². The van der Waals surface area contributed by atoms with Gasteiger partial charge in [0.2, 0.25) is 5.91 Å². The molecular weight excluding hydrogens is 401 g/mol. The van der Waals surface area contributed by atoms with Crippen LogP contribution in [0.25, 0.3) is 0 Å². The molecule has 1 amide bonds. The number of morpholine rings is 1. The standard InChI is InChI=1S/C20H25N3O3.2ClH/c1-25-16-7-8-18(21)19(11-16)22-20(24)12-17-14-23(9-10-26-17)13-15-5-3-2-4-6-15;;/h2-8,11,17H,9-10,12-14,21H2,1H3,(H,22,24);2*1H. The van der Waals surface area contributed by atoms with E-state index in [4.69, 9.17) is 15.2 Å². The zero-order valence-electron chi connectivity index (χ0n) is 15.8. The van der Waals surface area contributed by atoms with Crippen LogP contribution in [0.1, 0.15) is 12.0 Å². The van der Waals surface area contributed by atoms with Crippen LogP contribution in [0.15, 0.2) is 48.5 Å². The van der Waals surface area contributed by atoms with Gasteiger partial charge in [0.25, 0.3) is 0 Å². The summed E-state index contributed by atoms with van der Waals surface area (Å²) in [5.74, 6) is 0.536. The Kier molecular flexibility index (Phi) is 10.1. The fraction of sp³-hybridized carbons (Fsp3) is 0.350. The topological polar surface area (TPSA) is 76.8 Å². The fourth-order valence-electron chi connectivity index (χ4n) is 3.07. The van der Waals surface area contributed by atoms with E-state index in [1.165, 1.54) is 5.56 Å². The summed E-state index contributed by atoms with van der Waals surface area (Å²) in [6.07, 6.45) is 0.168. The summed E-state index contributed by atoms with van der Waals surface area (Å²) in [5, 5.41) is 2.85. The molecule has 28 heavy (non-hydrogen) atoms. The van der Waals surface area contributed by atoms with Crippen molar-refractivity contribution in [2.24, 2.45) is 0 Å². The van der Waals surface area contributed by atoms with Gasteiger partial charge in [0.15, 0.2) is 0 Å². The van der Waals surface area contributed by atoms with Gasteiger partial charge in [-0.15, -0.1) is 24.8 Å². The number of nitrogens with zero attached hydrogens (tertiary/aromatic N) is 1. The number of hydrogen-bond donors (Lipinski definition) is 2. The minimum Gasteiger partial charge on any atom is -0.497 e. The van der Waals surface area contributed by atoms with Gasteiger partial charge in [-0.05, 0) is 17.7 Å². The van der Waals surface area contributed by atoms with Gasteiger partial charge in [0, 0.05) is 25.7 Å². The summed E-state index contributed by atoms with van der Waals surface area (Å²) >= 11 is 0. The number of benzene rings is 2. The predicted octanol–water partition coefficient (Wildman–Crippen LogP) is 3.35. The van der Waals surface area contributed by atoms with Crippen LogP contribution >= 0.6 is 24.8 Å². The van der Waals surface area contributed by atoms with Crippen LogP contribution in [-0.2, 0) is 16.1 Å². The normalized spacial score (nSPS) is 16.4. The first-order valence-electron chi connectivity index (χ1n) is 8.75. The van der Waals surface area contributed by atoms with Crippen LogP contribution in [0.3, 0.4) is 0 Å². The van der Waals surface area contributed by atoms with Crippen LogP contribution in [0, 0.1) is 0 Å². The third-order valence-corrected chi connectivity index (χ3v) is 4.42. The molecule has 154 valence electrons. The zero-order valence-corrected chi connectivity index (χ0v) is 17.4. The molecule has 1 saturated heterocycles. The number of carbonyl (C=O) groups is 1. The van der Waals surface area contributed by atoms with E-state index in [1.54, 1.807) is 25.3 Å². The molecule has 0 aromatic heterocycles. The molecule has 1 aliphatic rings. The van der Waals surface area contributed by atoms with Crippen LogP contribution in [0.2, 0.25) is 0 Å². The number of amides is 1. The molecule has 8 heteroatoms. The number of nitrogens with two attached hydrogens (primary N) is 1. The van der Waals surface area contributed by atoms with E-state index in [9.17, 15) is 4.79 Å². The Morgan fingerprint density at radius 3 is 2.71 bits per heavy atom. The molecule has 1 heterocycles. The predicted molar refractivity (Wildman–Crippen MR) is 117 cm³/mol. The molecule has 6 nitrogen and oxygen atoms in total. The smallest absolute Gasteiger partial charge is 0.227 e. The molecule has 0 saturated carbocycles. The number of halogens is 2. The van der Waals surface area contributed by atoms with Gasteiger partial charge in [-0.1, -0.05) is 30.3 Å². The van der Waals surface area contributed by atoms with E-state index in [0.29, 0.717) is 30.2 Å². The van der Waals surface area contributed by atoms with Crippen molar-refractivity contribution in [3.63, 3.8) is 0 Å². The third-order valence-electron chi connectivity index (χ3n) is 4.42. The highest BCUT2D eigenvalue weighted by Crippen LogP contribution is 2.24. The highest BCUT2D eigenvalue weighted by molar-refractivity contribution is 5.94. The Labute approximate surface area is 178 Å². The second kappa shape index (κ2) is 11.8. The van der Waals surface area contributed by atoms with Crippen LogP contribution in [0.5, 0.6) is 5.75 Å². The number of anilines is 2. The molecule has 0 radical (unpaired) electrons. The molecule has 0 bridgehead atoms. The first-order chi connectivity index (χ1) is 12.6. The second-order valence-corrected chi connectivity index (χ2v) is 6.42. The number of hydrogen-bond acceptors (Lipinski definition) is 5. The van der Waals surface area contributed by atoms with Gasteiger partial charge in [-0.3, -0.25) is 9.69 Å². The van der Waals surface area contributed by atoms with Crippen molar-refractivity contribution in [2.45, 2.75) is 19.1 Å². The summed E-state index contributed by atoms with van der Waals surface area (Å²) in [5.41, 5.74) is 8.26. The Bertz CT molecular complexity index is 747. The maximum absolute atomic E-state index is 12.4. The highest BCUT2D eigenvalue weighted by atomic mass is 35.5. The molecule has 3 rings (SSSR count). The van der Waals surface area contributed by atoms with Crippen molar-refractivity contribution >= 4 is 42.1 Å². The summed E-state index contributed by atoms with van der Waals surface area (Å²) in [7, 11) is 1.58. The average Bonchev–Trinajstić information content (AvgIpc) is 2.64. The Morgan fingerprint density at radius 1 is 1.25 bits per heavy atom. The van der Waals surface area contributed by atoms with Crippen LogP contribution in [0.4, 0.5) is 11.4 Å². The zero-order chi connectivity index (χ0) is 18.4. The number of nitrogen functional groups attached to an aromatic ring is 1. The maximum atomic E-state index is 12.4. The lowest BCUT2D eigenvalue weighted by atomic mass is 10.1. The molecule has 3 N–H and O–H groups in total. The molecule has 2 aromatic carbocycles. The van der Waals surface area contributed by atoms with Crippen molar-refractivity contribution in [3.8, 4) is 5.75 Å². The van der Waals surface area contributed by atoms with E-state index in [-0.39, 0.29) is 36.8 Å². The van der Waals surface area contributed by atoms with E-state index in [2.05, 4.69) is 22.3 Å². The quantitative estimate of drug-likeness (QED) is 0.691. The Hall–Kier alpha value is -1.99. The summed E-state index contributed by atoms with van der Waals surface area (Å²) < 4.78 is 10.9. The van der Waals surface area contributed by atoms with Crippen LogP contribution < -0.4 is 15.8 Å². The maximum Gasteiger partial charge on any atom is 0.227 e. The molecule has 1 unspecified atom stereocenters. The summed E-state index contributed by atoms with van der Waals surface area (Å²) in [4.78, 5) is 14.7. The Balaban J connectivity index is 0.00000196. The molecule has 0 aliphatic carbocycles. The van der Waals surface area contributed by atoms with Gasteiger partial charge in [-0.25, -0.2) is 0 Å². The number of ether oxygens (including phenoxy) is 2. The molecule has 1 atom stereocenters. The first-order valence-corrected chi connectivity index (χ1v) is 8.75. The van der Waals surface area contributed by atoms with Crippen molar-refractivity contribution in [3.05, 3.63) is 54.1 Å². The van der Waals surface area contributed by atoms with Gasteiger partial charge < -0.3 is 20.5 Å². The average molecular weight is 428 g/mol. The van der Waals surface area contributed by atoms with Crippen molar-refractivity contribution in [1.82, 2.24) is 4.90 Å². The van der Waals surface area contributed by atoms with Gasteiger partial charge in [-0.2, -0.15) is 0 Å². The van der Waals surface area contributed by atoms with E-state index >= 15 is 0 Å².